The Morgan fingerprint density at radius 2 is 1.69 bits per heavy atom. The standard InChI is InChI=1S/C24H24N5OS.C4H10.K/c1-16(2)29-31-20-11-12-22-21(14-20)23(24(30)26-22)28-27-19-10-6-9-18(13-19)25-15-17-7-4-3-5-8-17;1-3-4-2;/h3-14,16,29H,15H2,1-2H3,(H2,26,27,28,30);3-4H2,1-2H3;/q-1;;+1. The zero-order valence-corrected chi connectivity index (χ0v) is 25.8. The zero-order chi connectivity index (χ0) is 25.0. The maximum absolute atomic E-state index is 10.3. The van der Waals surface area contributed by atoms with Gasteiger partial charge in [0.1, 0.15) is 0 Å². The van der Waals surface area contributed by atoms with E-state index in [4.69, 9.17) is 0 Å². The smallest absolute Gasteiger partial charge is 0.681 e. The van der Waals surface area contributed by atoms with Crippen molar-refractivity contribution in [2.75, 3.05) is 0 Å². The molecule has 0 fully saturated rings. The Labute approximate surface area is 261 Å². The molecule has 0 aliphatic carbocycles. The Morgan fingerprint density at radius 3 is 2.39 bits per heavy atom. The predicted molar refractivity (Wildman–Crippen MR) is 148 cm³/mol. The second-order valence-electron chi connectivity index (χ2n) is 8.43. The predicted octanol–water partition coefficient (Wildman–Crippen LogP) is 6.31. The molecule has 6 nitrogen and oxygen atoms in total. The van der Waals surface area contributed by atoms with Crippen molar-refractivity contribution in [3.63, 3.8) is 0 Å². The van der Waals surface area contributed by atoms with Crippen LogP contribution in [0, 0.1) is 0 Å². The summed E-state index contributed by atoms with van der Waals surface area (Å²) in [6, 6.07) is 24.0. The van der Waals surface area contributed by atoms with Gasteiger partial charge in [0, 0.05) is 16.3 Å². The fraction of sp³-hybridized carbons (Fsp3) is 0.286. The molecule has 0 spiro atoms. The Morgan fingerprint density at radius 1 is 0.944 bits per heavy atom. The summed E-state index contributed by atoms with van der Waals surface area (Å²) in [6.07, 6.45) is 2.64. The monoisotopic (exact) mass is 527 g/mol. The molecule has 3 N–H and O–H groups in total. The molecule has 36 heavy (non-hydrogen) atoms. The summed E-state index contributed by atoms with van der Waals surface area (Å²) in [4.78, 5) is 4.00. The van der Waals surface area contributed by atoms with Crippen LogP contribution in [-0.2, 0) is 6.54 Å². The van der Waals surface area contributed by atoms with Crippen molar-refractivity contribution < 1.29 is 56.5 Å². The third-order valence-corrected chi connectivity index (χ3v) is 6.10. The molecule has 0 atom stereocenters. The summed E-state index contributed by atoms with van der Waals surface area (Å²) in [5.74, 6) is 0.00244. The van der Waals surface area contributed by atoms with Gasteiger partial charge >= 0.3 is 51.4 Å². The Hall–Kier alpha value is -1.65. The summed E-state index contributed by atoms with van der Waals surface area (Å²) in [5, 5.41) is 24.5. The minimum Gasteiger partial charge on any atom is -0.681 e. The summed E-state index contributed by atoms with van der Waals surface area (Å²) < 4.78 is 3.32. The fourth-order valence-electron chi connectivity index (χ4n) is 3.02. The van der Waals surface area contributed by atoms with Crippen molar-refractivity contribution in [2.24, 2.45) is 10.2 Å². The number of unbranched alkanes of at least 4 members (excludes halogenated alkanes) is 1. The second-order valence-corrected chi connectivity index (χ2v) is 9.34. The van der Waals surface area contributed by atoms with Crippen molar-refractivity contribution in [1.29, 1.82) is 0 Å². The number of azo groups is 1. The van der Waals surface area contributed by atoms with Gasteiger partial charge in [-0.3, -0.25) is 4.72 Å². The summed E-state index contributed by atoms with van der Waals surface area (Å²) in [5.41, 5.74) is 3.90. The number of nitrogens with zero attached hydrogens (tertiary/aromatic N) is 3. The van der Waals surface area contributed by atoms with Gasteiger partial charge in [-0.25, -0.2) is 0 Å². The average molecular weight is 528 g/mol. The van der Waals surface area contributed by atoms with E-state index in [0.29, 0.717) is 24.0 Å². The van der Waals surface area contributed by atoms with E-state index in [2.05, 4.69) is 65.1 Å². The van der Waals surface area contributed by atoms with Crippen molar-refractivity contribution >= 4 is 39.9 Å². The van der Waals surface area contributed by atoms with Gasteiger partial charge in [-0.1, -0.05) is 74.7 Å². The molecule has 0 bridgehead atoms. The van der Waals surface area contributed by atoms with E-state index in [1.54, 1.807) is 11.9 Å². The molecule has 4 rings (SSSR count). The van der Waals surface area contributed by atoms with E-state index >= 15 is 0 Å². The van der Waals surface area contributed by atoms with E-state index in [0.717, 1.165) is 27.0 Å². The molecular formula is C28H34KN5OS. The number of hydrogen-bond acceptors (Lipinski definition) is 5. The third-order valence-electron chi connectivity index (χ3n) is 5.02. The molecule has 0 aliphatic heterocycles. The molecule has 1 heterocycles. The van der Waals surface area contributed by atoms with E-state index in [-0.39, 0.29) is 57.3 Å². The van der Waals surface area contributed by atoms with Gasteiger partial charge in [-0.2, -0.15) is 5.11 Å². The molecule has 0 aliphatic rings. The van der Waals surface area contributed by atoms with Gasteiger partial charge < -0.3 is 15.4 Å². The Balaban J connectivity index is 0.000000850. The molecule has 0 saturated carbocycles. The van der Waals surface area contributed by atoms with Gasteiger partial charge in [0.15, 0.2) is 5.69 Å². The first-order chi connectivity index (χ1) is 17.0. The normalized spacial score (nSPS) is 10.8. The van der Waals surface area contributed by atoms with Gasteiger partial charge in [0.2, 0.25) is 5.88 Å². The second kappa shape index (κ2) is 16.2. The molecule has 0 radical (unpaired) electrons. The maximum atomic E-state index is 10.3. The number of aromatic amines is 1. The van der Waals surface area contributed by atoms with Gasteiger partial charge in [-0.15, -0.1) is 17.3 Å². The molecule has 8 heteroatoms. The maximum Gasteiger partial charge on any atom is 1.00 e. The van der Waals surface area contributed by atoms with Crippen LogP contribution in [0.5, 0.6) is 5.88 Å². The first kappa shape index (κ1) is 30.6. The fourth-order valence-corrected chi connectivity index (χ4v) is 3.71. The van der Waals surface area contributed by atoms with E-state index in [1.165, 1.54) is 12.8 Å². The van der Waals surface area contributed by atoms with Crippen LogP contribution >= 0.6 is 11.9 Å². The third kappa shape index (κ3) is 9.66. The summed E-state index contributed by atoms with van der Waals surface area (Å²) in [7, 11) is 0. The quantitative estimate of drug-likeness (QED) is 0.135. The Kier molecular flexibility index (Phi) is 13.8. The molecule has 0 saturated heterocycles. The largest absolute Gasteiger partial charge is 1.00 e. The summed E-state index contributed by atoms with van der Waals surface area (Å²) >= 11 is 1.55. The minimum atomic E-state index is 0. The van der Waals surface area contributed by atoms with Crippen molar-refractivity contribution in [2.45, 2.75) is 58.0 Å². The number of H-pyrrole nitrogens is 1. The summed E-state index contributed by atoms with van der Waals surface area (Å²) in [6.45, 7) is 9.15. The van der Waals surface area contributed by atoms with Gasteiger partial charge in [0.05, 0.1) is 11.2 Å². The van der Waals surface area contributed by atoms with Crippen LogP contribution in [0.4, 0.5) is 17.1 Å². The number of aromatic hydroxyl groups is 1. The topological polar surface area (TPSA) is 86.9 Å². The molecule has 3 aromatic carbocycles. The number of fused-ring (bicyclic) bond motifs is 1. The molecule has 1 aromatic heterocycles. The molecule has 4 aromatic rings. The van der Waals surface area contributed by atoms with Crippen LogP contribution in [-0.4, -0.2) is 16.1 Å². The van der Waals surface area contributed by atoms with Crippen molar-refractivity contribution in [1.82, 2.24) is 9.71 Å². The SMILES string of the molecule is CC(C)NSc1ccc2[nH]c(O)c(N=Nc3cccc([N-]Cc4ccccc4)c3)c2c1.CCCC.[K+]. The van der Waals surface area contributed by atoms with Crippen molar-refractivity contribution in [3.05, 3.63) is 83.7 Å². The first-order valence-electron chi connectivity index (χ1n) is 12.0. The molecule has 0 amide bonds. The van der Waals surface area contributed by atoms with Gasteiger partial charge in [-0.05, 0) is 56.1 Å². The number of rotatable bonds is 9. The molecular weight excluding hydrogens is 494 g/mol. The number of nitrogens with one attached hydrogen (secondary N) is 2. The van der Waals surface area contributed by atoms with Crippen LogP contribution in [0.25, 0.3) is 16.2 Å². The van der Waals surface area contributed by atoms with Crippen LogP contribution in [0.15, 0.2) is 87.9 Å². The number of hydrogen-bond donors (Lipinski definition) is 3. The molecule has 0 unspecified atom stereocenters. The Bertz CT molecular complexity index is 1230. The van der Waals surface area contributed by atoms with Crippen LogP contribution in [0.2, 0.25) is 0 Å². The number of aromatic nitrogens is 1. The van der Waals surface area contributed by atoms with E-state index < -0.39 is 0 Å². The number of benzene rings is 3. The van der Waals surface area contributed by atoms with E-state index in [9.17, 15) is 5.11 Å². The van der Waals surface area contributed by atoms with Crippen LogP contribution in [0.3, 0.4) is 0 Å². The van der Waals surface area contributed by atoms with Gasteiger partial charge in [0.25, 0.3) is 0 Å². The minimum absolute atomic E-state index is 0. The van der Waals surface area contributed by atoms with Crippen LogP contribution in [0.1, 0.15) is 46.1 Å². The van der Waals surface area contributed by atoms with Crippen molar-refractivity contribution in [3.8, 4) is 5.88 Å². The van der Waals surface area contributed by atoms with E-state index in [1.807, 2.05) is 60.7 Å². The first-order valence-corrected chi connectivity index (χ1v) is 12.8. The van der Waals surface area contributed by atoms with Crippen LogP contribution < -0.4 is 56.1 Å². The molecule has 184 valence electrons. The average Bonchev–Trinajstić information content (AvgIpc) is 3.20. The zero-order valence-electron chi connectivity index (χ0n) is 21.8.